The Kier molecular flexibility index (Phi) is 6.00. The first-order valence-electron chi connectivity index (χ1n) is 9.13. The molecule has 26 heavy (non-hydrogen) atoms. The Labute approximate surface area is 153 Å². The Hall–Kier alpha value is -2.69. The average molecular weight is 352 g/mol. The van der Waals surface area contributed by atoms with Gasteiger partial charge < -0.3 is 10.1 Å². The molecule has 1 N–H and O–H groups in total. The van der Waals surface area contributed by atoms with Crippen LogP contribution < -0.4 is 10.1 Å². The molecule has 0 spiro atoms. The standard InChI is InChI=1S/C21H24N2O3/c1-2-3-8-26-19-6-7-20(22-13-19)21(25)23-12-16-10-17-5-4-15(14-24)9-18(17)11-16/h4-7,9,13-14,16H,2-3,8,10-12H2,1H3,(H,23,25). The van der Waals surface area contributed by atoms with Gasteiger partial charge in [-0.15, -0.1) is 0 Å². The highest BCUT2D eigenvalue weighted by molar-refractivity contribution is 5.92. The number of hydrogen-bond donors (Lipinski definition) is 1. The number of amides is 1. The lowest BCUT2D eigenvalue weighted by atomic mass is 10.1. The first-order chi connectivity index (χ1) is 12.7. The third-order valence-electron chi connectivity index (χ3n) is 4.67. The number of rotatable bonds is 8. The van der Waals surface area contributed by atoms with Crippen LogP contribution in [0.2, 0.25) is 0 Å². The number of nitrogens with zero attached hydrogens (tertiary/aromatic N) is 1. The summed E-state index contributed by atoms with van der Waals surface area (Å²) in [4.78, 5) is 27.4. The van der Waals surface area contributed by atoms with Crippen LogP contribution >= 0.6 is 0 Å². The van der Waals surface area contributed by atoms with E-state index < -0.39 is 0 Å². The zero-order valence-electron chi connectivity index (χ0n) is 15.0. The number of pyridine rings is 1. The highest BCUT2D eigenvalue weighted by Crippen LogP contribution is 2.27. The number of unbranched alkanes of at least 4 members (excludes halogenated alkanes) is 1. The van der Waals surface area contributed by atoms with Gasteiger partial charge in [0.2, 0.25) is 0 Å². The van der Waals surface area contributed by atoms with Crippen molar-refractivity contribution in [2.45, 2.75) is 32.6 Å². The summed E-state index contributed by atoms with van der Waals surface area (Å²) in [5, 5.41) is 2.96. The highest BCUT2D eigenvalue weighted by Gasteiger charge is 2.22. The highest BCUT2D eigenvalue weighted by atomic mass is 16.5. The molecule has 0 saturated heterocycles. The number of aldehydes is 1. The van der Waals surface area contributed by atoms with Crippen molar-refractivity contribution >= 4 is 12.2 Å². The molecule has 5 heteroatoms. The molecule has 0 fully saturated rings. The summed E-state index contributed by atoms with van der Waals surface area (Å²) >= 11 is 0. The number of carbonyl (C=O) groups is 2. The topological polar surface area (TPSA) is 68.3 Å². The summed E-state index contributed by atoms with van der Waals surface area (Å²) in [5.41, 5.74) is 3.58. The normalized spacial score (nSPS) is 15.3. The summed E-state index contributed by atoms with van der Waals surface area (Å²) in [6.07, 6.45) is 6.35. The van der Waals surface area contributed by atoms with Crippen LogP contribution in [0.1, 0.15) is 51.7 Å². The minimum absolute atomic E-state index is 0.172. The molecule has 1 atom stereocenters. The molecule has 0 bridgehead atoms. The minimum atomic E-state index is -0.172. The van der Waals surface area contributed by atoms with E-state index in [0.29, 0.717) is 36.1 Å². The fourth-order valence-corrected chi connectivity index (χ4v) is 3.21. The monoisotopic (exact) mass is 352 g/mol. The Morgan fingerprint density at radius 1 is 1.27 bits per heavy atom. The van der Waals surface area contributed by atoms with Gasteiger partial charge in [0, 0.05) is 12.1 Å². The predicted octanol–water partition coefficient (Wildman–Crippen LogP) is 3.22. The van der Waals surface area contributed by atoms with Crippen LogP contribution in [0.5, 0.6) is 5.75 Å². The van der Waals surface area contributed by atoms with Gasteiger partial charge in [-0.05, 0) is 54.5 Å². The van der Waals surface area contributed by atoms with Crippen LogP contribution in [0.25, 0.3) is 0 Å². The predicted molar refractivity (Wildman–Crippen MR) is 99.7 cm³/mol. The van der Waals surface area contributed by atoms with Crippen molar-refractivity contribution in [1.82, 2.24) is 10.3 Å². The van der Waals surface area contributed by atoms with Crippen LogP contribution in [0.4, 0.5) is 0 Å². The van der Waals surface area contributed by atoms with Gasteiger partial charge in [0.05, 0.1) is 12.8 Å². The summed E-state index contributed by atoms with van der Waals surface area (Å²) < 4.78 is 5.56. The number of aromatic nitrogens is 1. The van der Waals surface area contributed by atoms with E-state index in [1.807, 2.05) is 18.2 Å². The third-order valence-corrected chi connectivity index (χ3v) is 4.67. The van der Waals surface area contributed by atoms with Gasteiger partial charge in [0.15, 0.2) is 0 Å². The van der Waals surface area contributed by atoms with E-state index >= 15 is 0 Å². The molecular formula is C21H24N2O3. The molecule has 1 aromatic heterocycles. The first-order valence-corrected chi connectivity index (χ1v) is 9.13. The molecule has 1 aliphatic rings. The molecule has 2 aromatic rings. The van der Waals surface area contributed by atoms with Gasteiger partial charge >= 0.3 is 0 Å². The maximum absolute atomic E-state index is 12.3. The van der Waals surface area contributed by atoms with E-state index in [2.05, 4.69) is 17.2 Å². The molecule has 0 radical (unpaired) electrons. The van der Waals surface area contributed by atoms with Crippen molar-refractivity contribution in [2.24, 2.45) is 5.92 Å². The molecular weight excluding hydrogens is 328 g/mol. The van der Waals surface area contributed by atoms with Crippen LogP contribution in [0.15, 0.2) is 36.5 Å². The number of benzene rings is 1. The Balaban J connectivity index is 1.49. The fourth-order valence-electron chi connectivity index (χ4n) is 3.21. The van der Waals surface area contributed by atoms with Gasteiger partial charge in [-0.3, -0.25) is 9.59 Å². The number of nitrogens with one attached hydrogen (secondary N) is 1. The average Bonchev–Trinajstić information content (AvgIpc) is 3.08. The smallest absolute Gasteiger partial charge is 0.269 e. The Morgan fingerprint density at radius 3 is 2.85 bits per heavy atom. The van der Waals surface area contributed by atoms with E-state index in [1.54, 1.807) is 18.3 Å². The van der Waals surface area contributed by atoms with Crippen molar-refractivity contribution in [3.63, 3.8) is 0 Å². The van der Waals surface area contributed by atoms with E-state index in [9.17, 15) is 9.59 Å². The molecule has 1 heterocycles. The van der Waals surface area contributed by atoms with Gasteiger partial charge in [-0.2, -0.15) is 0 Å². The maximum atomic E-state index is 12.3. The minimum Gasteiger partial charge on any atom is -0.492 e. The molecule has 1 aliphatic carbocycles. The molecule has 0 aliphatic heterocycles. The lowest BCUT2D eigenvalue weighted by Crippen LogP contribution is -2.30. The summed E-state index contributed by atoms with van der Waals surface area (Å²) in [7, 11) is 0. The van der Waals surface area contributed by atoms with Gasteiger partial charge in [0.25, 0.3) is 5.91 Å². The van der Waals surface area contributed by atoms with Gasteiger partial charge in [-0.25, -0.2) is 4.98 Å². The molecule has 0 saturated carbocycles. The molecule has 136 valence electrons. The number of fused-ring (bicyclic) bond motifs is 1. The van der Waals surface area contributed by atoms with Crippen molar-refractivity contribution in [3.05, 3.63) is 58.9 Å². The van der Waals surface area contributed by atoms with E-state index in [0.717, 1.165) is 32.0 Å². The second-order valence-electron chi connectivity index (χ2n) is 6.71. The summed E-state index contributed by atoms with van der Waals surface area (Å²) in [6.45, 7) is 3.37. The maximum Gasteiger partial charge on any atom is 0.269 e. The van der Waals surface area contributed by atoms with Gasteiger partial charge in [-0.1, -0.05) is 25.5 Å². The zero-order chi connectivity index (χ0) is 18.4. The lowest BCUT2D eigenvalue weighted by molar-refractivity contribution is 0.0942. The van der Waals surface area contributed by atoms with Crippen LogP contribution in [0, 0.1) is 5.92 Å². The molecule has 1 amide bonds. The molecule has 1 unspecified atom stereocenters. The van der Waals surface area contributed by atoms with Crippen molar-refractivity contribution in [1.29, 1.82) is 0 Å². The van der Waals surface area contributed by atoms with E-state index in [4.69, 9.17) is 4.74 Å². The van der Waals surface area contributed by atoms with Crippen LogP contribution in [-0.2, 0) is 12.8 Å². The van der Waals surface area contributed by atoms with E-state index in [1.165, 1.54) is 11.1 Å². The van der Waals surface area contributed by atoms with Crippen LogP contribution in [0.3, 0.4) is 0 Å². The lowest BCUT2D eigenvalue weighted by Gasteiger charge is -2.11. The number of hydrogen-bond acceptors (Lipinski definition) is 4. The fraction of sp³-hybridized carbons (Fsp3) is 0.381. The second kappa shape index (κ2) is 8.61. The van der Waals surface area contributed by atoms with Crippen LogP contribution in [-0.4, -0.2) is 30.3 Å². The third kappa shape index (κ3) is 4.48. The largest absolute Gasteiger partial charge is 0.492 e. The Bertz CT molecular complexity index is 771. The quantitative estimate of drug-likeness (QED) is 0.585. The first kappa shape index (κ1) is 18.1. The number of ether oxygens (including phenoxy) is 1. The van der Waals surface area contributed by atoms with Crippen molar-refractivity contribution in [3.8, 4) is 5.75 Å². The molecule has 5 nitrogen and oxygen atoms in total. The van der Waals surface area contributed by atoms with Gasteiger partial charge in [0.1, 0.15) is 17.7 Å². The second-order valence-corrected chi connectivity index (χ2v) is 6.71. The zero-order valence-corrected chi connectivity index (χ0v) is 15.0. The SMILES string of the molecule is CCCCOc1ccc(C(=O)NCC2Cc3ccc(C=O)cc3C2)nc1. The summed E-state index contributed by atoms with van der Waals surface area (Å²) in [5.74, 6) is 0.870. The molecule has 1 aromatic carbocycles. The summed E-state index contributed by atoms with van der Waals surface area (Å²) in [6, 6.07) is 9.28. The Morgan fingerprint density at radius 2 is 2.12 bits per heavy atom. The number of carbonyl (C=O) groups excluding carboxylic acids is 2. The molecule has 3 rings (SSSR count). The van der Waals surface area contributed by atoms with Crippen molar-refractivity contribution < 1.29 is 14.3 Å². The van der Waals surface area contributed by atoms with Crippen molar-refractivity contribution in [2.75, 3.05) is 13.2 Å². The van der Waals surface area contributed by atoms with E-state index in [-0.39, 0.29) is 5.91 Å².